The van der Waals surface area contributed by atoms with Crippen molar-refractivity contribution in [2.75, 3.05) is 11.4 Å². The van der Waals surface area contributed by atoms with E-state index in [4.69, 9.17) is 4.52 Å². The Balaban J connectivity index is 1.58. The summed E-state index contributed by atoms with van der Waals surface area (Å²) in [6, 6.07) is 14.0. The third-order valence-corrected chi connectivity index (χ3v) is 4.35. The molecule has 0 saturated carbocycles. The van der Waals surface area contributed by atoms with Crippen LogP contribution < -0.4 is 4.90 Å². The van der Waals surface area contributed by atoms with Crippen molar-refractivity contribution in [1.29, 1.82) is 0 Å². The monoisotopic (exact) mass is 337 g/mol. The fraction of sp³-hybridized carbons (Fsp3) is 0.211. The minimum absolute atomic E-state index is 0.0211. The van der Waals surface area contributed by atoms with E-state index in [2.05, 4.69) is 10.1 Å². The maximum atomic E-state index is 13.9. The van der Waals surface area contributed by atoms with Gasteiger partial charge in [0, 0.05) is 24.6 Å². The number of halogens is 1. The lowest BCUT2D eigenvalue weighted by Gasteiger charge is -2.16. The van der Waals surface area contributed by atoms with Crippen LogP contribution in [0.1, 0.15) is 23.7 Å². The summed E-state index contributed by atoms with van der Waals surface area (Å²) in [5.74, 6) is 0.00280. The molecule has 1 aliphatic heterocycles. The number of hydrogen-bond donors (Lipinski definition) is 0. The lowest BCUT2D eigenvalue weighted by atomic mass is 10.1. The van der Waals surface area contributed by atoms with Gasteiger partial charge < -0.3 is 9.42 Å². The average molecular weight is 337 g/mol. The summed E-state index contributed by atoms with van der Waals surface area (Å²) in [4.78, 5) is 18.4. The summed E-state index contributed by atoms with van der Waals surface area (Å²) in [6.45, 7) is 2.47. The molecule has 1 aliphatic rings. The van der Waals surface area contributed by atoms with E-state index in [0.717, 1.165) is 11.3 Å². The number of carbonyl (C=O) groups excluding carboxylic acids is 1. The fourth-order valence-corrected chi connectivity index (χ4v) is 3.07. The van der Waals surface area contributed by atoms with E-state index in [0.29, 0.717) is 18.8 Å². The highest BCUT2D eigenvalue weighted by Crippen LogP contribution is 2.32. The summed E-state index contributed by atoms with van der Waals surface area (Å²) in [5.41, 5.74) is 2.22. The molecule has 1 saturated heterocycles. The van der Waals surface area contributed by atoms with Crippen LogP contribution in [-0.2, 0) is 4.79 Å². The highest BCUT2D eigenvalue weighted by atomic mass is 19.1. The normalized spacial score (nSPS) is 17.3. The summed E-state index contributed by atoms with van der Waals surface area (Å²) < 4.78 is 19.1. The van der Waals surface area contributed by atoms with E-state index in [-0.39, 0.29) is 23.3 Å². The third kappa shape index (κ3) is 2.91. The predicted molar refractivity (Wildman–Crippen MR) is 90.6 cm³/mol. The molecule has 1 unspecified atom stereocenters. The average Bonchev–Trinajstić information content (AvgIpc) is 3.22. The van der Waals surface area contributed by atoms with Crippen molar-refractivity contribution >= 4 is 11.6 Å². The number of benzene rings is 2. The van der Waals surface area contributed by atoms with Crippen molar-refractivity contribution < 1.29 is 13.7 Å². The molecule has 25 heavy (non-hydrogen) atoms. The molecule has 126 valence electrons. The second-order valence-corrected chi connectivity index (χ2v) is 6.18. The first kappa shape index (κ1) is 15.5. The molecule has 1 amide bonds. The second kappa shape index (κ2) is 6.12. The Morgan fingerprint density at radius 1 is 1.20 bits per heavy atom. The van der Waals surface area contributed by atoms with Crippen molar-refractivity contribution in [2.45, 2.75) is 19.3 Å². The van der Waals surface area contributed by atoms with Gasteiger partial charge in [-0.15, -0.1) is 0 Å². The van der Waals surface area contributed by atoms with E-state index in [1.807, 2.05) is 31.2 Å². The number of aromatic nitrogens is 2. The van der Waals surface area contributed by atoms with E-state index < -0.39 is 5.82 Å². The van der Waals surface area contributed by atoms with Crippen LogP contribution in [0.2, 0.25) is 0 Å². The molecule has 5 nitrogen and oxygen atoms in total. The molecule has 4 rings (SSSR count). The minimum atomic E-state index is -0.415. The van der Waals surface area contributed by atoms with Gasteiger partial charge in [0.1, 0.15) is 5.82 Å². The molecule has 0 aliphatic carbocycles. The number of rotatable bonds is 3. The number of amides is 1. The standard InChI is InChI=1S/C19H16FN3O2/c1-12-5-4-6-14(9-12)23-11-13(10-17(23)24)18-21-19(25-22-18)15-7-2-3-8-16(15)20/h2-9,13H,10-11H2,1H3. The van der Waals surface area contributed by atoms with Crippen molar-refractivity contribution in [3.05, 3.63) is 65.7 Å². The molecule has 0 bridgehead atoms. The van der Waals surface area contributed by atoms with Gasteiger partial charge in [0.15, 0.2) is 5.82 Å². The topological polar surface area (TPSA) is 59.2 Å². The number of carbonyl (C=O) groups is 1. The number of nitrogens with zero attached hydrogens (tertiary/aromatic N) is 3. The van der Waals surface area contributed by atoms with Crippen LogP contribution in [0.25, 0.3) is 11.5 Å². The van der Waals surface area contributed by atoms with Crippen LogP contribution in [0.5, 0.6) is 0 Å². The predicted octanol–water partition coefficient (Wildman–Crippen LogP) is 3.70. The first-order valence-corrected chi connectivity index (χ1v) is 8.07. The summed E-state index contributed by atoms with van der Waals surface area (Å²) >= 11 is 0. The van der Waals surface area contributed by atoms with E-state index in [1.54, 1.807) is 23.1 Å². The molecule has 2 heterocycles. The molecular formula is C19H16FN3O2. The van der Waals surface area contributed by atoms with Crippen LogP contribution in [-0.4, -0.2) is 22.6 Å². The van der Waals surface area contributed by atoms with Crippen molar-refractivity contribution in [3.63, 3.8) is 0 Å². The number of hydrogen-bond acceptors (Lipinski definition) is 4. The van der Waals surface area contributed by atoms with Crippen molar-refractivity contribution in [1.82, 2.24) is 10.1 Å². The maximum absolute atomic E-state index is 13.9. The van der Waals surface area contributed by atoms with Gasteiger partial charge in [-0.05, 0) is 36.8 Å². The van der Waals surface area contributed by atoms with Crippen molar-refractivity contribution in [3.8, 4) is 11.5 Å². The quantitative estimate of drug-likeness (QED) is 0.731. The zero-order valence-electron chi connectivity index (χ0n) is 13.6. The van der Waals surface area contributed by atoms with Crippen LogP contribution in [0.4, 0.5) is 10.1 Å². The fourth-order valence-electron chi connectivity index (χ4n) is 3.07. The highest BCUT2D eigenvalue weighted by molar-refractivity contribution is 5.96. The van der Waals surface area contributed by atoms with Gasteiger partial charge >= 0.3 is 0 Å². The summed E-state index contributed by atoms with van der Waals surface area (Å²) in [7, 11) is 0. The van der Waals surface area contributed by atoms with Gasteiger partial charge in [-0.25, -0.2) is 4.39 Å². The lowest BCUT2D eigenvalue weighted by Crippen LogP contribution is -2.24. The summed E-state index contributed by atoms with van der Waals surface area (Å²) in [5, 5.41) is 3.96. The Labute approximate surface area is 144 Å². The van der Waals surface area contributed by atoms with Gasteiger partial charge in [0.05, 0.1) is 5.56 Å². The first-order valence-electron chi connectivity index (χ1n) is 8.07. The Morgan fingerprint density at radius 3 is 2.84 bits per heavy atom. The highest BCUT2D eigenvalue weighted by Gasteiger charge is 2.34. The molecule has 3 aromatic rings. The van der Waals surface area contributed by atoms with Crippen LogP contribution >= 0.6 is 0 Å². The molecule has 1 fully saturated rings. The molecule has 1 atom stereocenters. The largest absolute Gasteiger partial charge is 0.334 e. The molecule has 1 aromatic heterocycles. The van der Waals surface area contributed by atoms with Gasteiger partial charge in [0.25, 0.3) is 5.89 Å². The Morgan fingerprint density at radius 2 is 2.04 bits per heavy atom. The Kier molecular flexibility index (Phi) is 3.80. The van der Waals surface area contributed by atoms with Gasteiger partial charge in [0.2, 0.25) is 5.91 Å². The molecule has 0 radical (unpaired) electrons. The van der Waals surface area contributed by atoms with Crippen LogP contribution in [0.15, 0.2) is 53.1 Å². The maximum Gasteiger partial charge on any atom is 0.260 e. The van der Waals surface area contributed by atoms with Crippen LogP contribution in [0, 0.1) is 12.7 Å². The van der Waals surface area contributed by atoms with E-state index in [1.165, 1.54) is 6.07 Å². The minimum Gasteiger partial charge on any atom is -0.334 e. The van der Waals surface area contributed by atoms with E-state index >= 15 is 0 Å². The second-order valence-electron chi connectivity index (χ2n) is 6.18. The Bertz CT molecular complexity index is 938. The zero-order valence-corrected chi connectivity index (χ0v) is 13.6. The zero-order chi connectivity index (χ0) is 17.4. The Hall–Kier alpha value is -3.02. The van der Waals surface area contributed by atoms with Gasteiger partial charge in [-0.2, -0.15) is 4.98 Å². The third-order valence-electron chi connectivity index (χ3n) is 4.35. The van der Waals surface area contributed by atoms with E-state index in [9.17, 15) is 9.18 Å². The van der Waals surface area contributed by atoms with Gasteiger partial charge in [-0.3, -0.25) is 4.79 Å². The lowest BCUT2D eigenvalue weighted by molar-refractivity contribution is -0.117. The number of aryl methyl sites for hydroxylation is 1. The SMILES string of the molecule is Cc1cccc(N2CC(c3noc(-c4ccccc4F)n3)CC2=O)c1. The molecular weight excluding hydrogens is 321 g/mol. The summed E-state index contributed by atoms with van der Waals surface area (Å²) in [6.07, 6.45) is 0.310. The smallest absolute Gasteiger partial charge is 0.260 e. The molecule has 0 spiro atoms. The first-order chi connectivity index (χ1) is 12.1. The van der Waals surface area contributed by atoms with Gasteiger partial charge in [-0.1, -0.05) is 29.4 Å². The number of anilines is 1. The molecule has 2 aromatic carbocycles. The van der Waals surface area contributed by atoms with Crippen molar-refractivity contribution in [2.24, 2.45) is 0 Å². The molecule has 6 heteroatoms. The molecule has 0 N–H and O–H groups in total. The van der Waals surface area contributed by atoms with Crippen LogP contribution in [0.3, 0.4) is 0 Å².